The number of nitrogens with zero attached hydrogens (tertiary/aromatic N) is 2. The molecule has 11 rings (SSSR count). The van der Waals surface area contributed by atoms with E-state index in [-0.39, 0.29) is 6.17 Å². The summed E-state index contributed by atoms with van der Waals surface area (Å²) in [5.41, 5.74) is 12.8. The molecule has 0 bridgehead atoms. The third-order valence-electron chi connectivity index (χ3n) is 10.8. The van der Waals surface area contributed by atoms with Gasteiger partial charge in [-0.05, 0) is 58.1 Å². The second-order valence-corrected chi connectivity index (χ2v) is 14.1. The highest BCUT2D eigenvalue weighted by atomic mass is 16.3. The number of furan rings is 2. The summed E-state index contributed by atoms with van der Waals surface area (Å²) in [5, 5.41) is 7.75. The van der Waals surface area contributed by atoms with E-state index in [9.17, 15) is 0 Å². The average Bonchev–Trinajstić information content (AvgIpc) is 3.86. The molecular formula is C51H33N3O2. The molecule has 2 aromatic heterocycles. The SMILES string of the molecule is c1ccc(C2=NC(c3ccc(-c4ccc(-c5ccccc5)cc4)c4oc5c(-c6ccc7oc8ccccc8c7c6)cccc5c34)=NC(c3ccccc3)N2)cc1. The van der Waals surface area contributed by atoms with Crippen LogP contribution in [0.15, 0.2) is 207 Å². The van der Waals surface area contributed by atoms with Crippen LogP contribution in [-0.2, 0) is 0 Å². The maximum absolute atomic E-state index is 7.13. The summed E-state index contributed by atoms with van der Waals surface area (Å²) in [6.07, 6.45) is -0.329. The Labute approximate surface area is 322 Å². The lowest BCUT2D eigenvalue weighted by Gasteiger charge is -2.24. The van der Waals surface area contributed by atoms with Gasteiger partial charge in [-0.3, -0.25) is 0 Å². The van der Waals surface area contributed by atoms with Gasteiger partial charge < -0.3 is 14.2 Å². The van der Waals surface area contributed by atoms with Crippen molar-refractivity contribution in [2.45, 2.75) is 6.17 Å². The summed E-state index contributed by atoms with van der Waals surface area (Å²) in [7, 11) is 0. The van der Waals surface area contributed by atoms with E-state index in [0.717, 1.165) is 94.2 Å². The fraction of sp³-hybridized carbons (Fsp3) is 0.0196. The van der Waals surface area contributed by atoms with Crippen LogP contribution < -0.4 is 5.32 Å². The fourth-order valence-electron chi connectivity index (χ4n) is 8.03. The molecule has 1 aliphatic rings. The van der Waals surface area contributed by atoms with E-state index in [1.807, 2.05) is 54.6 Å². The van der Waals surface area contributed by atoms with Gasteiger partial charge in [-0.2, -0.15) is 0 Å². The highest BCUT2D eigenvalue weighted by Crippen LogP contribution is 2.43. The molecule has 5 heteroatoms. The molecule has 0 saturated heterocycles. The zero-order valence-corrected chi connectivity index (χ0v) is 30.2. The quantitative estimate of drug-likeness (QED) is 0.186. The highest BCUT2D eigenvalue weighted by Gasteiger charge is 2.26. The molecule has 8 aromatic carbocycles. The Bertz CT molecular complexity index is 3140. The van der Waals surface area contributed by atoms with Gasteiger partial charge in [0.15, 0.2) is 5.84 Å². The van der Waals surface area contributed by atoms with Gasteiger partial charge in [0, 0.05) is 43.8 Å². The van der Waals surface area contributed by atoms with Crippen LogP contribution in [0.1, 0.15) is 22.9 Å². The van der Waals surface area contributed by atoms with Gasteiger partial charge in [0.1, 0.15) is 34.3 Å². The lowest BCUT2D eigenvalue weighted by Crippen LogP contribution is -2.33. The van der Waals surface area contributed by atoms with Crippen molar-refractivity contribution in [1.82, 2.24) is 5.32 Å². The Morgan fingerprint density at radius 2 is 1.02 bits per heavy atom. The number of rotatable bonds is 6. The molecule has 1 aliphatic heterocycles. The first-order valence-corrected chi connectivity index (χ1v) is 18.8. The number of hydrogen-bond acceptors (Lipinski definition) is 5. The Morgan fingerprint density at radius 3 is 1.82 bits per heavy atom. The summed E-state index contributed by atoms with van der Waals surface area (Å²) < 4.78 is 13.3. The van der Waals surface area contributed by atoms with Gasteiger partial charge in [0.2, 0.25) is 0 Å². The van der Waals surface area contributed by atoms with Crippen LogP contribution in [0.3, 0.4) is 0 Å². The standard InChI is InChI=1S/C51H33N3O2/c1-4-13-32(14-5-1)33-23-25-34(26-24-33)39-28-29-42(51-53-49(35-15-6-2-7-16-35)52-50(54-51)36-17-8-3-9-18-36)46-41-21-12-20-38(47(41)56-48(39)46)37-27-30-45-43(31-37)40-19-10-11-22-44(40)55-45/h1-31,49H,(H,52,53,54). The van der Waals surface area contributed by atoms with E-state index in [4.69, 9.17) is 18.8 Å². The summed E-state index contributed by atoms with van der Waals surface area (Å²) >= 11 is 0. The first-order valence-electron chi connectivity index (χ1n) is 18.8. The lowest BCUT2D eigenvalue weighted by molar-refractivity contribution is 0.668. The van der Waals surface area contributed by atoms with E-state index in [2.05, 4.69) is 139 Å². The number of benzene rings is 8. The Hall–Kier alpha value is -7.50. The largest absolute Gasteiger partial charge is 0.456 e. The van der Waals surface area contributed by atoms with Gasteiger partial charge in [0.25, 0.3) is 0 Å². The summed E-state index contributed by atoms with van der Waals surface area (Å²) in [6.45, 7) is 0. The molecule has 264 valence electrons. The normalized spacial score (nSPS) is 14.2. The summed E-state index contributed by atoms with van der Waals surface area (Å²) in [6, 6.07) is 65.1. The van der Waals surface area contributed by atoms with Crippen LogP contribution in [0.2, 0.25) is 0 Å². The minimum atomic E-state index is -0.329. The second-order valence-electron chi connectivity index (χ2n) is 14.1. The molecule has 1 unspecified atom stereocenters. The van der Waals surface area contributed by atoms with Crippen LogP contribution >= 0.6 is 0 Å². The molecule has 0 aliphatic carbocycles. The summed E-state index contributed by atoms with van der Waals surface area (Å²) in [4.78, 5) is 10.5. The first-order chi connectivity index (χ1) is 27.7. The Kier molecular flexibility index (Phi) is 7.49. The van der Waals surface area contributed by atoms with E-state index in [1.165, 1.54) is 5.56 Å². The molecule has 0 saturated carbocycles. The van der Waals surface area contributed by atoms with Gasteiger partial charge in [-0.15, -0.1) is 0 Å². The maximum Gasteiger partial charge on any atom is 0.160 e. The van der Waals surface area contributed by atoms with Crippen LogP contribution in [0.4, 0.5) is 0 Å². The van der Waals surface area contributed by atoms with Crippen LogP contribution in [0.5, 0.6) is 0 Å². The smallest absolute Gasteiger partial charge is 0.160 e. The first kappa shape index (κ1) is 32.0. The predicted molar refractivity (Wildman–Crippen MR) is 229 cm³/mol. The minimum Gasteiger partial charge on any atom is -0.456 e. The Morgan fingerprint density at radius 1 is 0.411 bits per heavy atom. The number of para-hydroxylation sites is 2. The molecule has 5 nitrogen and oxygen atoms in total. The van der Waals surface area contributed by atoms with Crippen molar-refractivity contribution in [3.05, 3.63) is 205 Å². The molecule has 0 radical (unpaired) electrons. The maximum atomic E-state index is 7.13. The highest BCUT2D eigenvalue weighted by molar-refractivity contribution is 6.25. The average molecular weight is 720 g/mol. The number of hydrogen-bond donors (Lipinski definition) is 1. The minimum absolute atomic E-state index is 0.329. The van der Waals surface area contributed by atoms with E-state index >= 15 is 0 Å². The van der Waals surface area contributed by atoms with Crippen molar-refractivity contribution in [3.63, 3.8) is 0 Å². The zero-order chi connectivity index (χ0) is 37.0. The van der Waals surface area contributed by atoms with Crippen LogP contribution in [0.25, 0.3) is 77.3 Å². The van der Waals surface area contributed by atoms with Gasteiger partial charge in [-0.25, -0.2) is 9.98 Å². The third kappa shape index (κ3) is 5.40. The lowest BCUT2D eigenvalue weighted by atomic mass is 9.95. The number of nitrogens with one attached hydrogen (secondary N) is 1. The van der Waals surface area contributed by atoms with Crippen molar-refractivity contribution >= 4 is 55.5 Å². The van der Waals surface area contributed by atoms with Crippen molar-refractivity contribution in [1.29, 1.82) is 0 Å². The van der Waals surface area contributed by atoms with Gasteiger partial charge >= 0.3 is 0 Å². The molecule has 1 N–H and O–H groups in total. The summed E-state index contributed by atoms with van der Waals surface area (Å²) in [5.74, 6) is 1.42. The predicted octanol–water partition coefficient (Wildman–Crippen LogP) is 13.0. The van der Waals surface area contributed by atoms with Crippen molar-refractivity contribution < 1.29 is 8.83 Å². The zero-order valence-electron chi connectivity index (χ0n) is 30.2. The van der Waals surface area contributed by atoms with Crippen molar-refractivity contribution in [2.24, 2.45) is 9.98 Å². The number of fused-ring (bicyclic) bond motifs is 6. The topological polar surface area (TPSA) is 63.0 Å². The molecule has 56 heavy (non-hydrogen) atoms. The fourth-order valence-corrected chi connectivity index (χ4v) is 8.03. The second kappa shape index (κ2) is 13.1. The van der Waals surface area contributed by atoms with E-state index < -0.39 is 0 Å². The Balaban J connectivity index is 1.15. The molecule has 3 heterocycles. The molecule has 1 atom stereocenters. The van der Waals surface area contributed by atoms with Crippen LogP contribution in [-0.4, -0.2) is 11.7 Å². The molecule has 0 amide bonds. The molecule has 10 aromatic rings. The molecule has 0 spiro atoms. The van der Waals surface area contributed by atoms with Gasteiger partial charge in [-0.1, -0.05) is 158 Å². The van der Waals surface area contributed by atoms with Crippen LogP contribution in [0, 0.1) is 0 Å². The monoisotopic (exact) mass is 719 g/mol. The van der Waals surface area contributed by atoms with Crippen molar-refractivity contribution in [3.8, 4) is 33.4 Å². The van der Waals surface area contributed by atoms with E-state index in [0.29, 0.717) is 5.84 Å². The van der Waals surface area contributed by atoms with E-state index in [1.54, 1.807) is 0 Å². The van der Waals surface area contributed by atoms with Gasteiger partial charge in [0.05, 0.1) is 0 Å². The molecular weight excluding hydrogens is 687 g/mol. The number of amidine groups is 2. The molecule has 0 fully saturated rings. The third-order valence-corrected chi connectivity index (χ3v) is 10.8. The number of aliphatic imine (C=N–C) groups is 2. The van der Waals surface area contributed by atoms with Crippen molar-refractivity contribution in [2.75, 3.05) is 0 Å².